The van der Waals surface area contributed by atoms with E-state index >= 15 is 0 Å². The Labute approximate surface area is 95.2 Å². The van der Waals surface area contributed by atoms with Crippen molar-refractivity contribution in [2.24, 2.45) is 5.73 Å². The Hall–Kier alpha value is -1.43. The van der Waals surface area contributed by atoms with Gasteiger partial charge in [-0.05, 0) is 20.3 Å². The summed E-state index contributed by atoms with van der Waals surface area (Å²) in [6.07, 6.45) is 2.60. The predicted molar refractivity (Wildman–Crippen MR) is 60.5 cm³/mol. The summed E-state index contributed by atoms with van der Waals surface area (Å²) < 4.78 is 1.53. The number of hydrogen-bond donors (Lipinski definition) is 2. The molecule has 0 fully saturated rings. The van der Waals surface area contributed by atoms with Crippen LogP contribution >= 0.6 is 0 Å². The molecule has 1 rings (SSSR count). The summed E-state index contributed by atoms with van der Waals surface area (Å²) in [5, 5.41) is 10.6. The lowest BCUT2D eigenvalue weighted by atomic mass is 10.2. The third-order valence-electron chi connectivity index (χ3n) is 2.54. The second-order valence-electron chi connectivity index (χ2n) is 3.89. The van der Waals surface area contributed by atoms with E-state index in [0.717, 1.165) is 6.42 Å². The molecule has 3 N–H and O–H groups in total. The van der Waals surface area contributed by atoms with E-state index in [1.165, 1.54) is 4.68 Å². The van der Waals surface area contributed by atoms with Gasteiger partial charge in [0.15, 0.2) is 0 Å². The van der Waals surface area contributed by atoms with E-state index in [4.69, 9.17) is 5.73 Å². The van der Waals surface area contributed by atoms with Crippen LogP contribution in [0.25, 0.3) is 0 Å². The standard InChI is InChI=1S/C10H19N5O/c1-4-7(2)12-10(16)8(3)15-6-9(5-11)13-14-15/h6-8H,4-5,11H2,1-3H3,(H,12,16). The Balaban J connectivity index is 2.62. The van der Waals surface area contributed by atoms with Crippen LogP contribution in [0, 0.1) is 0 Å². The first-order valence-electron chi connectivity index (χ1n) is 5.49. The van der Waals surface area contributed by atoms with Crippen LogP contribution < -0.4 is 11.1 Å². The lowest BCUT2D eigenvalue weighted by molar-refractivity contribution is -0.124. The van der Waals surface area contributed by atoms with Crippen molar-refractivity contribution >= 4 is 5.91 Å². The summed E-state index contributed by atoms with van der Waals surface area (Å²) in [5.41, 5.74) is 6.11. The highest BCUT2D eigenvalue weighted by atomic mass is 16.2. The summed E-state index contributed by atoms with van der Waals surface area (Å²) >= 11 is 0. The van der Waals surface area contributed by atoms with Gasteiger partial charge in [-0.1, -0.05) is 12.1 Å². The normalized spacial score (nSPS) is 14.5. The number of aromatic nitrogens is 3. The molecule has 0 aliphatic carbocycles. The van der Waals surface area contributed by atoms with Crippen molar-refractivity contribution in [3.05, 3.63) is 11.9 Å². The molecule has 2 unspecified atom stereocenters. The Morgan fingerprint density at radius 3 is 2.81 bits per heavy atom. The van der Waals surface area contributed by atoms with Crippen LogP contribution in [0.5, 0.6) is 0 Å². The van der Waals surface area contributed by atoms with E-state index in [2.05, 4.69) is 15.6 Å². The molecule has 6 heteroatoms. The predicted octanol–water partition coefficient (Wildman–Crippen LogP) is 0.213. The van der Waals surface area contributed by atoms with Gasteiger partial charge >= 0.3 is 0 Å². The van der Waals surface area contributed by atoms with Crippen LogP contribution in [0.2, 0.25) is 0 Å². The van der Waals surface area contributed by atoms with Crippen molar-refractivity contribution in [2.75, 3.05) is 0 Å². The molecule has 1 amide bonds. The SMILES string of the molecule is CCC(C)NC(=O)C(C)n1cc(CN)nn1. The molecule has 16 heavy (non-hydrogen) atoms. The summed E-state index contributed by atoms with van der Waals surface area (Å²) in [7, 11) is 0. The first-order chi connectivity index (χ1) is 7.58. The summed E-state index contributed by atoms with van der Waals surface area (Å²) in [4.78, 5) is 11.8. The van der Waals surface area contributed by atoms with Gasteiger partial charge in [-0.25, -0.2) is 4.68 Å². The molecule has 0 spiro atoms. The van der Waals surface area contributed by atoms with Gasteiger partial charge in [0.25, 0.3) is 0 Å². The van der Waals surface area contributed by atoms with Crippen molar-refractivity contribution in [1.82, 2.24) is 20.3 Å². The zero-order chi connectivity index (χ0) is 12.1. The first kappa shape index (κ1) is 12.6. The van der Waals surface area contributed by atoms with E-state index in [0.29, 0.717) is 12.2 Å². The number of hydrogen-bond acceptors (Lipinski definition) is 4. The van der Waals surface area contributed by atoms with E-state index < -0.39 is 0 Å². The number of amides is 1. The molecule has 0 aromatic carbocycles. The highest BCUT2D eigenvalue weighted by Gasteiger charge is 2.17. The Kier molecular flexibility index (Phi) is 4.42. The van der Waals surface area contributed by atoms with Crippen LogP contribution in [0.1, 0.15) is 38.9 Å². The van der Waals surface area contributed by atoms with Crippen LogP contribution in [-0.2, 0) is 11.3 Å². The minimum atomic E-state index is -0.359. The van der Waals surface area contributed by atoms with E-state index in [-0.39, 0.29) is 18.0 Å². The quantitative estimate of drug-likeness (QED) is 0.750. The van der Waals surface area contributed by atoms with Crippen molar-refractivity contribution < 1.29 is 4.79 Å². The maximum atomic E-state index is 11.8. The Bertz CT molecular complexity index is 349. The van der Waals surface area contributed by atoms with Gasteiger partial charge < -0.3 is 11.1 Å². The Morgan fingerprint density at radius 1 is 1.62 bits per heavy atom. The zero-order valence-electron chi connectivity index (χ0n) is 9.97. The van der Waals surface area contributed by atoms with Crippen molar-refractivity contribution in [3.8, 4) is 0 Å². The largest absolute Gasteiger partial charge is 0.352 e. The molecular weight excluding hydrogens is 206 g/mol. The lowest BCUT2D eigenvalue weighted by Gasteiger charge is -2.15. The Morgan fingerprint density at radius 2 is 2.31 bits per heavy atom. The number of nitrogens with two attached hydrogens (primary N) is 1. The topological polar surface area (TPSA) is 85.8 Å². The van der Waals surface area contributed by atoms with Crippen molar-refractivity contribution in [3.63, 3.8) is 0 Å². The summed E-state index contributed by atoms with van der Waals surface area (Å²) in [6, 6.07) is -0.186. The average Bonchev–Trinajstić information content (AvgIpc) is 2.76. The monoisotopic (exact) mass is 225 g/mol. The highest BCUT2D eigenvalue weighted by Crippen LogP contribution is 2.05. The first-order valence-corrected chi connectivity index (χ1v) is 5.49. The zero-order valence-corrected chi connectivity index (χ0v) is 9.97. The molecule has 1 aromatic rings. The van der Waals surface area contributed by atoms with Crippen LogP contribution in [-0.4, -0.2) is 26.9 Å². The molecule has 0 aliphatic heterocycles. The third-order valence-corrected chi connectivity index (χ3v) is 2.54. The lowest BCUT2D eigenvalue weighted by Crippen LogP contribution is -2.37. The van der Waals surface area contributed by atoms with Gasteiger partial charge in [-0.15, -0.1) is 5.10 Å². The van der Waals surface area contributed by atoms with E-state index in [9.17, 15) is 4.79 Å². The fraction of sp³-hybridized carbons (Fsp3) is 0.700. The minimum absolute atomic E-state index is 0.0529. The smallest absolute Gasteiger partial charge is 0.244 e. The fourth-order valence-corrected chi connectivity index (χ4v) is 1.18. The summed E-state index contributed by atoms with van der Waals surface area (Å²) in [6.45, 7) is 6.11. The van der Waals surface area contributed by atoms with Crippen LogP contribution in [0.4, 0.5) is 0 Å². The molecule has 0 saturated carbocycles. The number of carbonyl (C=O) groups excluding carboxylic acids is 1. The molecule has 0 saturated heterocycles. The minimum Gasteiger partial charge on any atom is -0.352 e. The molecule has 2 atom stereocenters. The second kappa shape index (κ2) is 5.60. The van der Waals surface area contributed by atoms with E-state index in [1.54, 1.807) is 13.1 Å². The third kappa shape index (κ3) is 3.03. The molecule has 0 aliphatic rings. The fourth-order valence-electron chi connectivity index (χ4n) is 1.18. The maximum absolute atomic E-state index is 11.8. The van der Waals surface area contributed by atoms with E-state index in [1.807, 2.05) is 13.8 Å². The molecular formula is C10H19N5O. The van der Waals surface area contributed by atoms with Gasteiger partial charge in [0.05, 0.1) is 11.9 Å². The number of carbonyl (C=O) groups is 1. The van der Waals surface area contributed by atoms with Gasteiger partial charge in [-0.2, -0.15) is 0 Å². The number of nitrogens with zero attached hydrogens (tertiary/aromatic N) is 3. The molecule has 0 bridgehead atoms. The van der Waals surface area contributed by atoms with Gasteiger partial charge in [0.1, 0.15) is 6.04 Å². The van der Waals surface area contributed by atoms with Crippen LogP contribution in [0.15, 0.2) is 6.20 Å². The average molecular weight is 225 g/mol. The van der Waals surface area contributed by atoms with Crippen molar-refractivity contribution in [1.29, 1.82) is 0 Å². The molecule has 0 radical (unpaired) electrons. The van der Waals surface area contributed by atoms with Gasteiger partial charge in [-0.3, -0.25) is 4.79 Å². The highest BCUT2D eigenvalue weighted by molar-refractivity contribution is 5.79. The number of nitrogens with one attached hydrogen (secondary N) is 1. The second-order valence-corrected chi connectivity index (χ2v) is 3.89. The van der Waals surface area contributed by atoms with Crippen molar-refractivity contribution in [2.45, 2.75) is 45.8 Å². The maximum Gasteiger partial charge on any atom is 0.244 e. The summed E-state index contributed by atoms with van der Waals surface area (Å²) in [5.74, 6) is -0.0529. The molecule has 1 heterocycles. The number of rotatable bonds is 5. The molecule has 1 aromatic heterocycles. The molecule has 6 nitrogen and oxygen atoms in total. The van der Waals surface area contributed by atoms with Gasteiger partial charge in [0, 0.05) is 12.6 Å². The molecule has 90 valence electrons. The van der Waals surface area contributed by atoms with Gasteiger partial charge in [0.2, 0.25) is 5.91 Å². The van der Waals surface area contributed by atoms with Crippen LogP contribution in [0.3, 0.4) is 0 Å².